The van der Waals surface area contributed by atoms with Gasteiger partial charge >= 0.3 is 0 Å². The van der Waals surface area contributed by atoms with Crippen molar-refractivity contribution in [2.45, 2.75) is 11.3 Å². The lowest BCUT2D eigenvalue weighted by Crippen LogP contribution is -2.37. The Kier molecular flexibility index (Phi) is 8.60. The van der Waals surface area contributed by atoms with Crippen LogP contribution in [-0.2, 0) is 14.8 Å². The summed E-state index contributed by atoms with van der Waals surface area (Å²) in [4.78, 5) is 29.6. The van der Waals surface area contributed by atoms with Crippen LogP contribution in [0.5, 0.6) is 5.75 Å². The molecule has 0 spiro atoms. The van der Waals surface area contributed by atoms with Crippen LogP contribution in [0.15, 0.2) is 89.8 Å². The van der Waals surface area contributed by atoms with Gasteiger partial charge in [-0.15, -0.1) is 0 Å². The Bertz CT molecular complexity index is 1190. The standard InChI is InChI=1S/C24H25N3O6S/c28-17-7-16-25-23(29)18-26-24(30)19-12-14-22(15-13-19)34(31,32)27(20-8-3-1-4-9-20)33-21-10-5-2-6-11-21/h1-6,8-15,28H,7,16-18H2,(H,25,29)(H,26,30). The second kappa shape index (κ2) is 11.8. The van der Waals surface area contributed by atoms with E-state index in [0.29, 0.717) is 24.4 Å². The lowest BCUT2D eigenvalue weighted by Gasteiger charge is -2.24. The quantitative estimate of drug-likeness (QED) is 0.283. The molecule has 3 rings (SSSR count). The second-order valence-corrected chi connectivity index (χ2v) is 8.86. The molecule has 2 amide bonds. The summed E-state index contributed by atoms with van der Waals surface area (Å²) in [6, 6.07) is 22.2. The molecule has 0 atom stereocenters. The van der Waals surface area contributed by atoms with Crippen LogP contribution in [0.25, 0.3) is 0 Å². The minimum Gasteiger partial charge on any atom is -0.396 e. The fourth-order valence-electron chi connectivity index (χ4n) is 2.87. The van der Waals surface area contributed by atoms with Crippen molar-refractivity contribution in [2.24, 2.45) is 0 Å². The lowest BCUT2D eigenvalue weighted by molar-refractivity contribution is -0.120. The molecule has 0 bridgehead atoms. The number of para-hydroxylation sites is 2. The summed E-state index contributed by atoms with van der Waals surface area (Å²) in [5.41, 5.74) is 0.498. The molecule has 0 unspecified atom stereocenters. The third-order valence-electron chi connectivity index (χ3n) is 4.60. The minimum absolute atomic E-state index is 0.0417. The highest BCUT2D eigenvalue weighted by Crippen LogP contribution is 2.26. The van der Waals surface area contributed by atoms with Gasteiger partial charge in [0.15, 0.2) is 5.75 Å². The minimum atomic E-state index is -4.14. The number of hydrogen-bond donors (Lipinski definition) is 3. The van der Waals surface area contributed by atoms with E-state index in [2.05, 4.69) is 10.6 Å². The fraction of sp³-hybridized carbons (Fsp3) is 0.167. The molecule has 10 heteroatoms. The molecular formula is C24H25N3O6S. The predicted octanol–water partition coefficient (Wildman–Crippen LogP) is 2.10. The molecule has 0 fully saturated rings. The van der Waals surface area contributed by atoms with E-state index in [1.54, 1.807) is 60.7 Å². The number of hydrogen-bond acceptors (Lipinski definition) is 6. The summed E-state index contributed by atoms with van der Waals surface area (Å²) >= 11 is 0. The van der Waals surface area contributed by atoms with Crippen molar-refractivity contribution < 1.29 is 28.0 Å². The second-order valence-electron chi connectivity index (χ2n) is 7.11. The summed E-state index contributed by atoms with van der Waals surface area (Å²) in [6.07, 6.45) is 0.420. The van der Waals surface area contributed by atoms with Crippen molar-refractivity contribution in [3.8, 4) is 5.75 Å². The van der Waals surface area contributed by atoms with E-state index in [0.717, 1.165) is 4.47 Å². The first-order valence-corrected chi connectivity index (χ1v) is 11.9. The fourth-order valence-corrected chi connectivity index (χ4v) is 4.13. The largest absolute Gasteiger partial charge is 0.396 e. The summed E-state index contributed by atoms with van der Waals surface area (Å²) in [7, 11) is -4.14. The predicted molar refractivity (Wildman–Crippen MR) is 127 cm³/mol. The third kappa shape index (κ3) is 6.56. The van der Waals surface area contributed by atoms with Crippen LogP contribution in [0.2, 0.25) is 0 Å². The third-order valence-corrected chi connectivity index (χ3v) is 6.19. The van der Waals surface area contributed by atoms with Gasteiger partial charge in [-0.05, 0) is 55.0 Å². The number of nitrogens with one attached hydrogen (secondary N) is 2. The number of benzene rings is 3. The zero-order valence-corrected chi connectivity index (χ0v) is 19.1. The van der Waals surface area contributed by atoms with Crippen LogP contribution in [-0.4, -0.2) is 45.0 Å². The van der Waals surface area contributed by atoms with Gasteiger partial charge in [0.2, 0.25) is 5.91 Å². The Balaban J connectivity index is 1.75. The van der Waals surface area contributed by atoms with Crippen molar-refractivity contribution in [2.75, 3.05) is 24.2 Å². The van der Waals surface area contributed by atoms with Gasteiger partial charge in [0.1, 0.15) is 0 Å². The van der Waals surface area contributed by atoms with Crippen LogP contribution in [0.4, 0.5) is 5.69 Å². The van der Waals surface area contributed by atoms with E-state index in [9.17, 15) is 18.0 Å². The van der Waals surface area contributed by atoms with E-state index in [-0.39, 0.29) is 23.6 Å². The summed E-state index contributed by atoms with van der Waals surface area (Å²) in [5, 5.41) is 13.7. The van der Waals surface area contributed by atoms with Crippen molar-refractivity contribution in [3.63, 3.8) is 0 Å². The van der Waals surface area contributed by atoms with Gasteiger partial charge in [0.05, 0.1) is 17.1 Å². The van der Waals surface area contributed by atoms with Gasteiger partial charge in [0, 0.05) is 18.7 Å². The average molecular weight is 484 g/mol. The molecular weight excluding hydrogens is 458 g/mol. The zero-order valence-electron chi connectivity index (χ0n) is 18.3. The molecule has 3 aromatic carbocycles. The van der Waals surface area contributed by atoms with Crippen molar-refractivity contribution in [1.29, 1.82) is 0 Å². The monoisotopic (exact) mass is 483 g/mol. The number of nitrogens with zero attached hydrogens (tertiary/aromatic N) is 1. The first-order valence-electron chi connectivity index (χ1n) is 10.5. The Morgan fingerprint density at radius 2 is 1.47 bits per heavy atom. The molecule has 0 heterocycles. The van der Waals surface area contributed by atoms with Gasteiger partial charge in [-0.1, -0.05) is 40.9 Å². The SMILES string of the molecule is O=C(CNC(=O)c1ccc(S(=O)(=O)N(Oc2ccccc2)c2ccccc2)cc1)NCCCO. The molecule has 0 saturated carbocycles. The van der Waals surface area contributed by atoms with Crippen LogP contribution in [0.1, 0.15) is 16.8 Å². The molecule has 178 valence electrons. The topological polar surface area (TPSA) is 125 Å². The van der Waals surface area contributed by atoms with Gasteiger partial charge in [-0.2, -0.15) is 8.42 Å². The highest BCUT2D eigenvalue weighted by atomic mass is 32.2. The summed E-state index contributed by atoms with van der Waals surface area (Å²) in [5.74, 6) is -0.581. The van der Waals surface area contributed by atoms with Crippen molar-refractivity contribution in [1.82, 2.24) is 10.6 Å². The van der Waals surface area contributed by atoms with E-state index < -0.39 is 21.8 Å². The zero-order chi connectivity index (χ0) is 24.4. The maximum Gasteiger partial charge on any atom is 0.295 e. The molecule has 0 aromatic heterocycles. The number of carbonyl (C=O) groups excluding carboxylic acids is 2. The van der Waals surface area contributed by atoms with Crippen molar-refractivity contribution >= 4 is 27.5 Å². The van der Waals surface area contributed by atoms with Gasteiger partial charge in [0.25, 0.3) is 15.9 Å². The maximum atomic E-state index is 13.4. The number of sulfonamides is 1. The number of anilines is 1. The number of rotatable bonds is 11. The van der Waals surface area contributed by atoms with E-state index in [4.69, 9.17) is 9.94 Å². The van der Waals surface area contributed by atoms with Gasteiger partial charge in [-0.25, -0.2) is 0 Å². The van der Waals surface area contributed by atoms with Crippen LogP contribution >= 0.6 is 0 Å². The highest BCUT2D eigenvalue weighted by Gasteiger charge is 2.27. The normalized spacial score (nSPS) is 10.9. The number of carbonyl (C=O) groups is 2. The van der Waals surface area contributed by atoms with Crippen LogP contribution < -0.4 is 19.9 Å². The number of aliphatic hydroxyl groups is 1. The number of amides is 2. The Morgan fingerprint density at radius 3 is 2.09 bits per heavy atom. The Morgan fingerprint density at radius 1 is 0.853 bits per heavy atom. The van der Waals surface area contributed by atoms with E-state index >= 15 is 0 Å². The van der Waals surface area contributed by atoms with E-state index in [1.165, 1.54) is 24.3 Å². The Labute approximate surface area is 198 Å². The molecule has 9 nitrogen and oxygen atoms in total. The van der Waals surface area contributed by atoms with Gasteiger partial charge in [-0.3, -0.25) is 9.59 Å². The van der Waals surface area contributed by atoms with Crippen LogP contribution in [0, 0.1) is 0 Å². The first-order chi connectivity index (χ1) is 16.4. The molecule has 3 aromatic rings. The maximum absolute atomic E-state index is 13.4. The Hall–Kier alpha value is -3.89. The smallest absolute Gasteiger partial charge is 0.295 e. The highest BCUT2D eigenvalue weighted by molar-refractivity contribution is 7.92. The van der Waals surface area contributed by atoms with E-state index in [1.807, 2.05) is 0 Å². The molecule has 0 saturated heterocycles. The summed E-state index contributed by atoms with van der Waals surface area (Å²) < 4.78 is 27.6. The van der Waals surface area contributed by atoms with Crippen LogP contribution in [0.3, 0.4) is 0 Å². The number of aliphatic hydroxyl groups excluding tert-OH is 1. The molecule has 0 aliphatic heterocycles. The average Bonchev–Trinajstić information content (AvgIpc) is 2.87. The molecule has 0 aliphatic rings. The first kappa shape index (κ1) is 24.7. The summed E-state index contributed by atoms with van der Waals surface area (Å²) in [6.45, 7) is 0.0255. The molecule has 0 aliphatic carbocycles. The van der Waals surface area contributed by atoms with Crippen molar-refractivity contribution in [3.05, 3.63) is 90.5 Å². The molecule has 0 radical (unpaired) electrons. The lowest BCUT2D eigenvalue weighted by atomic mass is 10.2. The molecule has 3 N–H and O–H groups in total. The molecule has 34 heavy (non-hydrogen) atoms. The van der Waals surface area contributed by atoms with Gasteiger partial charge < -0.3 is 20.6 Å².